The molecule has 1 aliphatic carbocycles. The van der Waals surface area contributed by atoms with Gasteiger partial charge in [0.25, 0.3) is 0 Å². The van der Waals surface area contributed by atoms with Gasteiger partial charge in [-0.05, 0) is 83.9 Å². The average molecular weight is 736 g/mol. The second kappa shape index (κ2) is 11.7. The molecule has 0 radical (unpaired) electrons. The van der Waals surface area contributed by atoms with Gasteiger partial charge in [0, 0.05) is 32.8 Å². The lowest BCUT2D eigenvalue weighted by molar-refractivity contribution is 0.442. The molecule has 2 heteroatoms. The minimum absolute atomic E-state index is 0.533. The second-order valence-electron chi connectivity index (χ2n) is 15.7. The highest BCUT2D eigenvalue weighted by atomic mass is 16.5. The molecular formula is C56H33NO. The predicted octanol–water partition coefficient (Wildman–Crippen LogP) is 14.7. The highest BCUT2D eigenvalue weighted by molar-refractivity contribution is 6.25. The molecule has 268 valence electrons. The number of pyridine rings is 1. The summed E-state index contributed by atoms with van der Waals surface area (Å²) >= 11 is 0. The Balaban J connectivity index is 1.02. The SMILES string of the molecule is c1ccc2c(c1)Oc1c(ccc3c(-c4ccc(-c5ccc6c7ccccc7c7ccccc7c6c5)cc4)nc4ccccc4c13)C21c2ccccc2-c2ccccc21. The predicted molar refractivity (Wildman–Crippen MR) is 240 cm³/mol. The van der Waals surface area contributed by atoms with E-state index in [0.717, 1.165) is 50.0 Å². The Morgan fingerprint density at radius 2 is 0.845 bits per heavy atom. The van der Waals surface area contributed by atoms with Crippen LogP contribution in [-0.2, 0) is 5.41 Å². The Labute approximate surface area is 335 Å². The van der Waals surface area contributed by atoms with Gasteiger partial charge in [-0.15, -0.1) is 0 Å². The van der Waals surface area contributed by atoms with Crippen LogP contribution in [0.25, 0.3) is 87.5 Å². The van der Waals surface area contributed by atoms with Crippen LogP contribution in [0.4, 0.5) is 0 Å². The lowest BCUT2D eigenvalue weighted by Gasteiger charge is -2.40. The van der Waals surface area contributed by atoms with E-state index in [9.17, 15) is 0 Å². The quantitative estimate of drug-likeness (QED) is 0.165. The summed E-state index contributed by atoms with van der Waals surface area (Å²) in [6, 6.07) is 72.9. The largest absolute Gasteiger partial charge is 0.456 e. The van der Waals surface area contributed by atoms with Crippen LogP contribution in [0.15, 0.2) is 200 Å². The molecule has 1 aliphatic heterocycles. The fraction of sp³-hybridized carbons (Fsp3) is 0.0179. The molecule has 11 aromatic rings. The van der Waals surface area contributed by atoms with E-state index in [4.69, 9.17) is 9.72 Å². The first-order valence-electron chi connectivity index (χ1n) is 20.0. The van der Waals surface area contributed by atoms with Gasteiger partial charge in [-0.2, -0.15) is 0 Å². The van der Waals surface area contributed by atoms with Crippen molar-refractivity contribution in [1.29, 1.82) is 0 Å². The number of aromatic nitrogens is 1. The monoisotopic (exact) mass is 735 g/mol. The molecule has 13 rings (SSSR count). The van der Waals surface area contributed by atoms with Gasteiger partial charge in [-0.1, -0.05) is 182 Å². The molecule has 0 bridgehead atoms. The van der Waals surface area contributed by atoms with Crippen LogP contribution < -0.4 is 4.74 Å². The van der Waals surface area contributed by atoms with E-state index in [1.165, 1.54) is 71.3 Å². The van der Waals surface area contributed by atoms with Gasteiger partial charge in [0.1, 0.15) is 11.5 Å². The molecule has 1 aromatic heterocycles. The van der Waals surface area contributed by atoms with Gasteiger partial charge >= 0.3 is 0 Å². The Kier molecular flexibility index (Phi) is 6.40. The normalized spacial score (nSPS) is 13.4. The third-order valence-corrected chi connectivity index (χ3v) is 12.9. The van der Waals surface area contributed by atoms with Crippen LogP contribution in [0.5, 0.6) is 11.5 Å². The molecular weight excluding hydrogens is 703 g/mol. The van der Waals surface area contributed by atoms with E-state index in [-0.39, 0.29) is 0 Å². The van der Waals surface area contributed by atoms with E-state index >= 15 is 0 Å². The van der Waals surface area contributed by atoms with Crippen molar-refractivity contribution < 1.29 is 4.74 Å². The molecule has 2 aliphatic rings. The van der Waals surface area contributed by atoms with Gasteiger partial charge in [0.2, 0.25) is 0 Å². The fourth-order valence-electron chi connectivity index (χ4n) is 10.5. The van der Waals surface area contributed by atoms with Crippen LogP contribution in [0, 0.1) is 0 Å². The Hall–Kier alpha value is -7.55. The second-order valence-corrected chi connectivity index (χ2v) is 15.7. The van der Waals surface area contributed by atoms with Crippen molar-refractivity contribution in [3.63, 3.8) is 0 Å². The Bertz CT molecular complexity index is 3460. The van der Waals surface area contributed by atoms with Crippen LogP contribution in [-0.4, -0.2) is 4.98 Å². The molecule has 0 unspecified atom stereocenters. The van der Waals surface area contributed by atoms with E-state index in [0.29, 0.717) is 0 Å². The minimum Gasteiger partial charge on any atom is -0.456 e. The maximum Gasteiger partial charge on any atom is 0.140 e. The van der Waals surface area contributed by atoms with E-state index < -0.39 is 5.41 Å². The lowest BCUT2D eigenvalue weighted by Crippen LogP contribution is -2.32. The molecule has 2 heterocycles. The summed E-state index contributed by atoms with van der Waals surface area (Å²) in [7, 11) is 0. The first-order valence-corrected chi connectivity index (χ1v) is 20.0. The third kappa shape index (κ3) is 4.13. The number of hydrogen-bond donors (Lipinski definition) is 0. The highest BCUT2D eigenvalue weighted by Gasteiger charge is 2.51. The molecule has 1 spiro atoms. The van der Waals surface area contributed by atoms with Crippen molar-refractivity contribution in [1.82, 2.24) is 4.98 Å². The molecule has 58 heavy (non-hydrogen) atoms. The first-order chi connectivity index (χ1) is 28.8. The average Bonchev–Trinajstić information content (AvgIpc) is 3.59. The zero-order valence-corrected chi connectivity index (χ0v) is 31.4. The molecule has 0 saturated heterocycles. The Morgan fingerprint density at radius 3 is 1.53 bits per heavy atom. The summed E-state index contributed by atoms with van der Waals surface area (Å²) < 4.78 is 7.15. The molecule has 2 nitrogen and oxygen atoms in total. The molecule has 0 amide bonds. The van der Waals surface area contributed by atoms with E-state index in [1.54, 1.807) is 0 Å². The zero-order chi connectivity index (χ0) is 38.0. The summed E-state index contributed by atoms with van der Waals surface area (Å²) in [6.45, 7) is 0. The zero-order valence-electron chi connectivity index (χ0n) is 31.4. The maximum atomic E-state index is 7.15. The van der Waals surface area contributed by atoms with Crippen LogP contribution in [0.2, 0.25) is 0 Å². The number of ether oxygens (including phenoxy) is 1. The number of nitrogens with zero attached hydrogens (tertiary/aromatic N) is 1. The van der Waals surface area contributed by atoms with Crippen molar-refractivity contribution in [3.05, 3.63) is 222 Å². The molecule has 0 atom stereocenters. The molecule has 0 saturated carbocycles. The summed E-state index contributed by atoms with van der Waals surface area (Å²) in [5.41, 5.74) is 12.2. The van der Waals surface area contributed by atoms with E-state index in [1.807, 2.05) is 0 Å². The summed E-state index contributed by atoms with van der Waals surface area (Å²) in [4.78, 5) is 5.38. The van der Waals surface area contributed by atoms with Crippen molar-refractivity contribution >= 4 is 54.0 Å². The number of para-hydroxylation sites is 2. The smallest absolute Gasteiger partial charge is 0.140 e. The van der Waals surface area contributed by atoms with Crippen molar-refractivity contribution in [2.45, 2.75) is 5.41 Å². The van der Waals surface area contributed by atoms with E-state index in [2.05, 4.69) is 200 Å². The first kappa shape index (κ1) is 31.6. The maximum absolute atomic E-state index is 7.15. The lowest BCUT2D eigenvalue weighted by atomic mass is 9.65. The van der Waals surface area contributed by atoms with Gasteiger partial charge in [0.05, 0.1) is 16.6 Å². The fourth-order valence-corrected chi connectivity index (χ4v) is 10.5. The van der Waals surface area contributed by atoms with Crippen molar-refractivity contribution in [2.75, 3.05) is 0 Å². The summed E-state index contributed by atoms with van der Waals surface area (Å²) in [6.07, 6.45) is 0. The number of fused-ring (bicyclic) bond motifs is 19. The number of hydrogen-bond acceptors (Lipinski definition) is 2. The summed E-state index contributed by atoms with van der Waals surface area (Å²) in [5, 5.41) is 10.9. The van der Waals surface area contributed by atoms with Gasteiger partial charge in [-0.25, -0.2) is 4.98 Å². The molecule has 0 N–H and O–H groups in total. The molecule has 0 fully saturated rings. The van der Waals surface area contributed by atoms with Gasteiger partial charge < -0.3 is 4.74 Å². The van der Waals surface area contributed by atoms with Crippen molar-refractivity contribution in [2.24, 2.45) is 0 Å². The van der Waals surface area contributed by atoms with Gasteiger partial charge in [-0.3, -0.25) is 0 Å². The standard InChI is InChI=1S/C56H33NO/c1-2-15-39-37(13-1)38-14-3-4-16-40(38)46-33-36(29-30-41(39)46)34-25-27-35(28-26-34)54-45-31-32-50-55(53(45)44-19-7-11-23-51(44)57-54)58-52-24-12-10-22-49(52)56(50)47-20-8-5-17-42(47)43-18-6-9-21-48(43)56/h1-33H. The summed E-state index contributed by atoms with van der Waals surface area (Å²) in [5.74, 6) is 1.78. The highest BCUT2D eigenvalue weighted by Crippen LogP contribution is 2.63. The third-order valence-electron chi connectivity index (χ3n) is 12.9. The number of benzene rings is 10. The van der Waals surface area contributed by atoms with Crippen LogP contribution in [0.1, 0.15) is 22.3 Å². The van der Waals surface area contributed by atoms with Crippen LogP contribution >= 0.6 is 0 Å². The number of rotatable bonds is 2. The Morgan fingerprint density at radius 1 is 0.345 bits per heavy atom. The molecule has 10 aromatic carbocycles. The van der Waals surface area contributed by atoms with Crippen LogP contribution in [0.3, 0.4) is 0 Å². The van der Waals surface area contributed by atoms with Gasteiger partial charge in [0.15, 0.2) is 0 Å². The minimum atomic E-state index is -0.533. The topological polar surface area (TPSA) is 22.1 Å². The van der Waals surface area contributed by atoms with Crippen molar-refractivity contribution in [3.8, 4) is 45.0 Å².